The van der Waals surface area contributed by atoms with Crippen molar-refractivity contribution in [3.8, 4) is 0 Å². The molecule has 1 N–H and O–H groups in total. The zero-order chi connectivity index (χ0) is 17.8. The maximum Gasteiger partial charge on any atom is 0.233 e. The van der Waals surface area contributed by atoms with Crippen LogP contribution in [0.1, 0.15) is 43.2 Å². The van der Waals surface area contributed by atoms with Gasteiger partial charge in [0.2, 0.25) is 17.7 Å². The van der Waals surface area contributed by atoms with Gasteiger partial charge in [-0.1, -0.05) is 37.1 Å². The highest BCUT2D eigenvalue weighted by Gasteiger charge is 2.47. The number of rotatable bonds is 6. The van der Waals surface area contributed by atoms with Crippen LogP contribution in [-0.4, -0.2) is 35.7 Å². The van der Waals surface area contributed by atoms with E-state index in [1.54, 1.807) is 0 Å². The number of fused-ring (bicyclic) bond motifs is 1. The molecule has 1 aromatic rings. The predicted molar refractivity (Wildman–Crippen MR) is 94.7 cm³/mol. The third kappa shape index (κ3) is 3.91. The first-order chi connectivity index (χ1) is 12.1. The first-order valence-corrected chi connectivity index (χ1v) is 9.24. The summed E-state index contributed by atoms with van der Waals surface area (Å²) in [5.74, 6) is -0.510. The van der Waals surface area contributed by atoms with Gasteiger partial charge in [-0.2, -0.15) is 0 Å². The predicted octanol–water partition coefficient (Wildman–Crippen LogP) is 2.22. The number of nitrogens with zero attached hydrogens (tertiary/aromatic N) is 1. The monoisotopic (exact) mass is 342 g/mol. The third-order valence-corrected chi connectivity index (χ3v) is 5.47. The normalized spacial score (nSPS) is 22.8. The molecule has 1 saturated heterocycles. The first kappa shape index (κ1) is 17.6. The Morgan fingerprint density at radius 2 is 1.76 bits per heavy atom. The molecular weight excluding hydrogens is 316 g/mol. The topological polar surface area (TPSA) is 66.5 Å². The Labute approximate surface area is 148 Å². The molecule has 1 aliphatic carbocycles. The summed E-state index contributed by atoms with van der Waals surface area (Å²) >= 11 is 0. The number of carbonyl (C=O) groups excluding carboxylic acids is 3. The molecule has 2 aliphatic rings. The van der Waals surface area contributed by atoms with E-state index in [4.69, 9.17) is 0 Å². The highest BCUT2D eigenvalue weighted by atomic mass is 16.2. The quantitative estimate of drug-likeness (QED) is 0.806. The average Bonchev–Trinajstić information content (AvgIpc) is 2.86. The number of amides is 3. The van der Waals surface area contributed by atoms with E-state index in [0.717, 1.165) is 32.1 Å². The van der Waals surface area contributed by atoms with Gasteiger partial charge in [-0.15, -0.1) is 0 Å². The van der Waals surface area contributed by atoms with E-state index in [0.29, 0.717) is 6.54 Å². The molecule has 0 aromatic heterocycles. The van der Waals surface area contributed by atoms with E-state index in [1.807, 2.05) is 12.1 Å². The zero-order valence-electron chi connectivity index (χ0n) is 14.8. The SMILES string of the molecule is Cc1ccccc1CCNC(=O)CCN1C(=O)[C@H]2CCCC[C@H]2C1=O. The van der Waals surface area contributed by atoms with Gasteiger partial charge in [-0.05, 0) is 37.3 Å². The van der Waals surface area contributed by atoms with Crippen LogP contribution in [0.25, 0.3) is 0 Å². The molecule has 3 rings (SSSR count). The lowest BCUT2D eigenvalue weighted by atomic mass is 9.81. The fourth-order valence-corrected chi connectivity index (χ4v) is 3.98. The standard InChI is InChI=1S/C20H26N2O3/c1-14-6-2-3-7-15(14)10-12-21-18(23)11-13-22-19(24)16-8-4-5-9-17(16)20(22)25/h2-3,6-7,16-17H,4-5,8-13H2,1H3,(H,21,23)/t16-,17+. The van der Waals surface area contributed by atoms with Crippen LogP contribution in [0.4, 0.5) is 0 Å². The summed E-state index contributed by atoms with van der Waals surface area (Å²) in [4.78, 5) is 38.1. The van der Waals surface area contributed by atoms with Gasteiger partial charge in [-0.25, -0.2) is 0 Å². The minimum absolute atomic E-state index is 0.0672. The average molecular weight is 342 g/mol. The summed E-state index contributed by atoms with van der Waals surface area (Å²) in [7, 11) is 0. The van der Waals surface area contributed by atoms with Gasteiger partial charge >= 0.3 is 0 Å². The second-order valence-electron chi connectivity index (χ2n) is 7.10. The molecule has 5 heteroatoms. The van der Waals surface area contributed by atoms with Crippen LogP contribution in [0.15, 0.2) is 24.3 Å². The molecule has 1 aliphatic heterocycles. The molecule has 0 bridgehead atoms. The van der Waals surface area contributed by atoms with Gasteiger partial charge in [-0.3, -0.25) is 19.3 Å². The fourth-order valence-electron chi connectivity index (χ4n) is 3.98. The minimum Gasteiger partial charge on any atom is -0.356 e. The van der Waals surface area contributed by atoms with Crippen LogP contribution < -0.4 is 5.32 Å². The number of imide groups is 1. The summed E-state index contributed by atoms with van der Waals surface area (Å²) in [5, 5.41) is 2.89. The van der Waals surface area contributed by atoms with Crippen molar-refractivity contribution < 1.29 is 14.4 Å². The van der Waals surface area contributed by atoms with Gasteiger partial charge in [0.15, 0.2) is 0 Å². The van der Waals surface area contributed by atoms with Gasteiger partial charge < -0.3 is 5.32 Å². The highest BCUT2D eigenvalue weighted by Crippen LogP contribution is 2.37. The molecule has 3 amide bonds. The second kappa shape index (κ2) is 7.81. The summed E-state index contributed by atoms with van der Waals surface area (Å²) in [6.45, 7) is 2.83. The van der Waals surface area contributed by atoms with Crippen molar-refractivity contribution in [1.82, 2.24) is 10.2 Å². The molecule has 2 atom stereocenters. The molecule has 25 heavy (non-hydrogen) atoms. The number of carbonyl (C=O) groups is 3. The molecule has 1 heterocycles. The van der Waals surface area contributed by atoms with Gasteiger partial charge in [0.1, 0.15) is 0 Å². The zero-order valence-corrected chi connectivity index (χ0v) is 14.8. The molecule has 0 unspecified atom stereocenters. The van der Waals surface area contributed by atoms with Crippen molar-refractivity contribution in [2.45, 2.75) is 45.4 Å². The van der Waals surface area contributed by atoms with Crippen LogP contribution in [0, 0.1) is 18.8 Å². The molecule has 134 valence electrons. The van der Waals surface area contributed by atoms with E-state index in [9.17, 15) is 14.4 Å². The molecule has 2 fully saturated rings. The van der Waals surface area contributed by atoms with Crippen LogP contribution in [0.2, 0.25) is 0 Å². The number of hydrogen-bond acceptors (Lipinski definition) is 3. The highest BCUT2D eigenvalue weighted by molar-refractivity contribution is 6.05. The summed E-state index contributed by atoms with van der Waals surface area (Å²) in [6, 6.07) is 8.11. The van der Waals surface area contributed by atoms with Crippen molar-refractivity contribution >= 4 is 17.7 Å². The lowest BCUT2D eigenvalue weighted by Gasteiger charge is -2.19. The molecule has 1 aromatic carbocycles. The van der Waals surface area contributed by atoms with Gasteiger partial charge in [0.05, 0.1) is 11.8 Å². The molecular formula is C20H26N2O3. The first-order valence-electron chi connectivity index (χ1n) is 9.24. The van der Waals surface area contributed by atoms with Gasteiger partial charge in [0, 0.05) is 19.5 Å². The van der Waals surface area contributed by atoms with Crippen molar-refractivity contribution in [2.75, 3.05) is 13.1 Å². The summed E-state index contributed by atoms with van der Waals surface area (Å²) in [6.07, 6.45) is 4.64. The Morgan fingerprint density at radius 1 is 1.12 bits per heavy atom. The van der Waals surface area contributed by atoms with Crippen LogP contribution in [0.3, 0.4) is 0 Å². The lowest BCUT2D eigenvalue weighted by Crippen LogP contribution is -2.35. The fraction of sp³-hybridized carbons (Fsp3) is 0.550. The van der Waals surface area contributed by atoms with Crippen molar-refractivity contribution in [3.63, 3.8) is 0 Å². The van der Waals surface area contributed by atoms with E-state index < -0.39 is 0 Å². The summed E-state index contributed by atoms with van der Waals surface area (Å²) < 4.78 is 0. The number of likely N-dealkylation sites (tertiary alicyclic amines) is 1. The minimum atomic E-state index is -0.134. The Bertz CT molecular complexity index is 647. The maximum absolute atomic E-state index is 12.4. The molecule has 0 spiro atoms. The number of nitrogens with one attached hydrogen (secondary N) is 1. The number of benzene rings is 1. The van der Waals surface area contributed by atoms with E-state index in [2.05, 4.69) is 24.4 Å². The van der Waals surface area contributed by atoms with Gasteiger partial charge in [0.25, 0.3) is 0 Å². The van der Waals surface area contributed by atoms with E-state index in [1.165, 1.54) is 16.0 Å². The maximum atomic E-state index is 12.4. The number of hydrogen-bond donors (Lipinski definition) is 1. The van der Waals surface area contributed by atoms with Crippen molar-refractivity contribution in [2.24, 2.45) is 11.8 Å². The lowest BCUT2D eigenvalue weighted by molar-refractivity contribution is -0.140. The molecule has 0 radical (unpaired) electrons. The van der Waals surface area contributed by atoms with Crippen LogP contribution in [-0.2, 0) is 20.8 Å². The molecule has 1 saturated carbocycles. The Morgan fingerprint density at radius 3 is 2.40 bits per heavy atom. The van der Waals surface area contributed by atoms with Crippen LogP contribution in [0.5, 0.6) is 0 Å². The van der Waals surface area contributed by atoms with Crippen LogP contribution >= 0.6 is 0 Å². The number of aryl methyl sites for hydroxylation is 1. The Hall–Kier alpha value is -2.17. The largest absolute Gasteiger partial charge is 0.356 e. The second-order valence-corrected chi connectivity index (χ2v) is 7.10. The Kier molecular flexibility index (Phi) is 5.51. The summed E-state index contributed by atoms with van der Waals surface area (Å²) in [5.41, 5.74) is 2.43. The third-order valence-electron chi connectivity index (χ3n) is 5.47. The molecule has 5 nitrogen and oxygen atoms in total. The smallest absolute Gasteiger partial charge is 0.233 e. The van der Waals surface area contributed by atoms with Crippen molar-refractivity contribution in [1.29, 1.82) is 0 Å². The van der Waals surface area contributed by atoms with Crippen molar-refractivity contribution in [3.05, 3.63) is 35.4 Å². The van der Waals surface area contributed by atoms with E-state index >= 15 is 0 Å². The van der Waals surface area contributed by atoms with E-state index in [-0.39, 0.29) is 42.5 Å². The Balaban J connectivity index is 1.44.